The molecule has 0 spiro atoms. The van der Waals surface area contributed by atoms with Gasteiger partial charge in [-0.3, -0.25) is 4.79 Å². The van der Waals surface area contributed by atoms with Gasteiger partial charge < -0.3 is 4.90 Å². The molecule has 0 aliphatic carbocycles. The maximum Gasteiger partial charge on any atom is 0.237 e. The molecule has 0 N–H and O–H groups in total. The van der Waals surface area contributed by atoms with Crippen molar-refractivity contribution in [1.82, 2.24) is 4.90 Å². The maximum absolute atomic E-state index is 12.3. The fourth-order valence-electron chi connectivity index (χ4n) is 2.96. The highest BCUT2D eigenvalue weighted by Crippen LogP contribution is 2.34. The van der Waals surface area contributed by atoms with Crippen LogP contribution in [0.1, 0.15) is 29.2 Å². The number of carbonyl (C=O) groups is 1. The summed E-state index contributed by atoms with van der Waals surface area (Å²) in [6.07, 6.45) is 0.646. The summed E-state index contributed by atoms with van der Waals surface area (Å²) in [7, 11) is 0. The molecule has 2 aromatic carbocycles. The Morgan fingerprint density at radius 3 is 2.73 bits per heavy atom. The van der Waals surface area contributed by atoms with Gasteiger partial charge in [-0.15, -0.1) is 0 Å². The zero-order valence-corrected chi connectivity index (χ0v) is 12.8. The van der Waals surface area contributed by atoms with Gasteiger partial charge in [-0.1, -0.05) is 48.0 Å². The van der Waals surface area contributed by atoms with Crippen molar-refractivity contribution in [3.05, 3.63) is 70.2 Å². The van der Waals surface area contributed by atoms with E-state index in [9.17, 15) is 4.79 Å². The zero-order valence-electron chi connectivity index (χ0n) is 12.0. The standard InChI is InChI=1S/C18H15ClN2O/c19-16-7-6-14-11-17(13-4-2-1-3-5-13)21(12-15(14)10-16)18(22)8-9-20/h1-7,10,17H,8,11-12H2/t17-/m0/s1. The van der Waals surface area contributed by atoms with E-state index < -0.39 is 0 Å². The van der Waals surface area contributed by atoms with Crippen molar-refractivity contribution < 1.29 is 4.79 Å². The van der Waals surface area contributed by atoms with Gasteiger partial charge in [0.25, 0.3) is 0 Å². The Morgan fingerprint density at radius 1 is 1.23 bits per heavy atom. The number of carbonyl (C=O) groups excluding carboxylic acids is 1. The molecule has 0 saturated heterocycles. The molecule has 1 aliphatic heterocycles. The fraction of sp³-hybridized carbons (Fsp3) is 0.222. The van der Waals surface area contributed by atoms with Crippen LogP contribution in [0.5, 0.6) is 0 Å². The summed E-state index contributed by atoms with van der Waals surface area (Å²) in [4.78, 5) is 14.1. The van der Waals surface area contributed by atoms with Gasteiger partial charge in [0.05, 0.1) is 12.1 Å². The SMILES string of the molecule is N#CCC(=O)N1Cc2cc(Cl)ccc2C[C@H]1c1ccccc1. The molecule has 3 rings (SSSR count). The minimum absolute atomic E-state index is 0.0317. The van der Waals surface area contributed by atoms with Crippen LogP contribution in [0.15, 0.2) is 48.5 Å². The summed E-state index contributed by atoms with van der Waals surface area (Å²) >= 11 is 6.06. The summed E-state index contributed by atoms with van der Waals surface area (Å²) in [5, 5.41) is 9.52. The van der Waals surface area contributed by atoms with Gasteiger partial charge in [0, 0.05) is 11.6 Å². The first kappa shape index (κ1) is 14.6. The van der Waals surface area contributed by atoms with Gasteiger partial charge in [0.15, 0.2) is 0 Å². The third-order valence-electron chi connectivity index (χ3n) is 4.03. The Kier molecular flexibility index (Phi) is 4.13. The monoisotopic (exact) mass is 310 g/mol. The molecule has 2 aromatic rings. The lowest BCUT2D eigenvalue weighted by molar-refractivity contribution is -0.133. The van der Waals surface area contributed by atoms with Crippen LogP contribution in [0.3, 0.4) is 0 Å². The van der Waals surface area contributed by atoms with Gasteiger partial charge in [0.1, 0.15) is 6.42 Å². The summed E-state index contributed by atoms with van der Waals surface area (Å²) in [6.45, 7) is 0.496. The lowest BCUT2D eigenvalue weighted by atomic mass is 9.89. The Hall–Kier alpha value is -2.31. The third kappa shape index (κ3) is 2.84. The van der Waals surface area contributed by atoms with E-state index in [0.717, 1.165) is 17.5 Å². The van der Waals surface area contributed by atoms with Gasteiger partial charge in [0.2, 0.25) is 5.91 Å². The highest BCUT2D eigenvalue weighted by atomic mass is 35.5. The number of hydrogen-bond acceptors (Lipinski definition) is 2. The summed E-state index contributed by atoms with van der Waals surface area (Å²) in [5.41, 5.74) is 3.36. The Labute approximate surface area is 134 Å². The molecule has 22 heavy (non-hydrogen) atoms. The fourth-order valence-corrected chi connectivity index (χ4v) is 3.15. The van der Waals surface area contributed by atoms with Crippen LogP contribution in [0.2, 0.25) is 5.02 Å². The van der Waals surface area contributed by atoms with Crippen LogP contribution in [-0.4, -0.2) is 10.8 Å². The minimum Gasteiger partial charge on any atom is -0.330 e. The molecule has 3 nitrogen and oxygen atoms in total. The first-order chi connectivity index (χ1) is 10.7. The van der Waals surface area contributed by atoms with Crippen molar-refractivity contribution in [3.8, 4) is 6.07 Å². The number of nitriles is 1. The van der Waals surface area contributed by atoms with Crippen molar-refractivity contribution >= 4 is 17.5 Å². The average Bonchev–Trinajstić information content (AvgIpc) is 2.54. The van der Waals surface area contributed by atoms with Crippen LogP contribution in [0, 0.1) is 11.3 Å². The van der Waals surface area contributed by atoms with Gasteiger partial charge in [-0.2, -0.15) is 5.26 Å². The van der Waals surface area contributed by atoms with Gasteiger partial charge in [-0.05, 0) is 35.2 Å². The lowest BCUT2D eigenvalue weighted by Crippen LogP contribution is -2.38. The number of nitrogens with zero attached hydrogens (tertiary/aromatic N) is 2. The molecule has 1 aliphatic rings. The first-order valence-electron chi connectivity index (χ1n) is 7.17. The number of benzene rings is 2. The summed E-state index contributed by atoms with van der Waals surface area (Å²) in [6, 6.07) is 17.7. The van der Waals surface area contributed by atoms with Crippen molar-refractivity contribution in [2.75, 3.05) is 0 Å². The van der Waals surface area contributed by atoms with E-state index in [1.165, 1.54) is 5.56 Å². The van der Waals surface area contributed by atoms with Crippen LogP contribution < -0.4 is 0 Å². The number of amides is 1. The highest BCUT2D eigenvalue weighted by molar-refractivity contribution is 6.30. The second-order valence-corrected chi connectivity index (χ2v) is 5.84. The van der Waals surface area contributed by atoms with Crippen LogP contribution >= 0.6 is 11.6 Å². The topological polar surface area (TPSA) is 44.1 Å². The largest absolute Gasteiger partial charge is 0.330 e. The number of halogens is 1. The minimum atomic E-state index is -0.137. The second-order valence-electron chi connectivity index (χ2n) is 5.40. The zero-order chi connectivity index (χ0) is 15.5. The van der Waals surface area contributed by atoms with Crippen LogP contribution in [0.25, 0.3) is 0 Å². The third-order valence-corrected chi connectivity index (χ3v) is 4.27. The predicted molar refractivity (Wildman–Crippen MR) is 85.1 cm³/mol. The molecule has 110 valence electrons. The molecular weight excluding hydrogens is 296 g/mol. The maximum atomic E-state index is 12.3. The smallest absolute Gasteiger partial charge is 0.237 e. The normalized spacial score (nSPS) is 16.7. The lowest BCUT2D eigenvalue weighted by Gasteiger charge is -2.37. The predicted octanol–water partition coefficient (Wildman–Crippen LogP) is 3.88. The quantitative estimate of drug-likeness (QED) is 0.845. The van der Waals surface area contributed by atoms with E-state index in [0.29, 0.717) is 11.6 Å². The van der Waals surface area contributed by atoms with Crippen molar-refractivity contribution in [3.63, 3.8) is 0 Å². The number of hydrogen-bond donors (Lipinski definition) is 0. The van der Waals surface area contributed by atoms with Crippen molar-refractivity contribution in [2.24, 2.45) is 0 Å². The molecule has 0 saturated carbocycles. The summed E-state index contributed by atoms with van der Waals surface area (Å²) in [5.74, 6) is -0.137. The molecule has 1 heterocycles. The first-order valence-corrected chi connectivity index (χ1v) is 7.55. The Bertz CT molecular complexity index is 736. The molecular formula is C18H15ClN2O. The highest BCUT2D eigenvalue weighted by Gasteiger charge is 2.30. The molecule has 0 unspecified atom stereocenters. The van der Waals surface area contributed by atoms with E-state index in [2.05, 4.69) is 0 Å². The summed E-state index contributed by atoms with van der Waals surface area (Å²) < 4.78 is 0. The molecule has 1 atom stereocenters. The van der Waals surface area contributed by atoms with E-state index in [4.69, 9.17) is 16.9 Å². The molecule has 4 heteroatoms. The van der Waals surface area contributed by atoms with Gasteiger partial charge in [-0.25, -0.2) is 0 Å². The number of fused-ring (bicyclic) bond motifs is 1. The second kappa shape index (κ2) is 6.21. The molecule has 1 amide bonds. The van der Waals surface area contributed by atoms with Gasteiger partial charge >= 0.3 is 0 Å². The molecule has 0 bridgehead atoms. The van der Waals surface area contributed by atoms with E-state index in [1.807, 2.05) is 54.6 Å². The van der Waals surface area contributed by atoms with Crippen molar-refractivity contribution in [2.45, 2.75) is 25.4 Å². The van der Waals surface area contributed by atoms with Crippen LogP contribution in [-0.2, 0) is 17.8 Å². The number of rotatable bonds is 2. The molecule has 0 radical (unpaired) electrons. The molecule has 0 aromatic heterocycles. The van der Waals surface area contributed by atoms with E-state index >= 15 is 0 Å². The Balaban J connectivity index is 2.00. The van der Waals surface area contributed by atoms with Crippen LogP contribution in [0.4, 0.5) is 0 Å². The average molecular weight is 311 g/mol. The van der Waals surface area contributed by atoms with E-state index in [-0.39, 0.29) is 18.4 Å². The Morgan fingerprint density at radius 2 is 2.00 bits per heavy atom. The molecule has 0 fully saturated rings. The van der Waals surface area contributed by atoms with Crippen molar-refractivity contribution in [1.29, 1.82) is 5.26 Å². The van der Waals surface area contributed by atoms with E-state index in [1.54, 1.807) is 4.90 Å².